The molecular weight excluding hydrogens is 336 g/mol. The smallest absolute Gasteiger partial charge is 0.321 e. The summed E-state index contributed by atoms with van der Waals surface area (Å²) in [7, 11) is 1.55. The van der Waals surface area contributed by atoms with E-state index in [1.807, 2.05) is 24.3 Å². The van der Waals surface area contributed by atoms with Crippen LogP contribution in [0.5, 0.6) is 5.88 Å². The highest BCUT2D eigenvalue weighted by molar-refractivity contribution is 5.81. The zero-order valence-electron chi connectivity index (χ0n) is 15.4. The first-order chi connectivity index (χ1) is 12.2. The summed E-state index contributed by atoms with van der Waals surface area (Å²) in [4.78, 5) is 27.6. The molecule has 1 atom stereocenters. The van der Waals surface area contributed by atoms with Gasteiger partial charge < -0.3 is 14.6 Å². The highest BCUT2D eigenvalue weighted by atomic mass is 16.6. The van der Waals surface area contributed by atoms with Crippen molar-refractivity contribution in [3.05, 3.63) is 35.9 Å². The molecule has 0 bridgehead atoms. The van der Waals surface area contributed by atoms with Crippen molar-refractivity contribution in [2.45, 2.75) is 38.8 Å². The number of esters is 1. The van der Waals surface area contributed by atoms with Crippen LogP contribution in [0.2, 0.25) is 0 Å². The van der Waals surface area contributed by atoms with E-state index in [4.69, 9.17) is 9.47 Å². The summed E-state index contributed by atoms with van der Waals surface area (Å²) >= 11 is 0. The first kappa shape index (κ1) is 19.7. The van der Waals surface area contributed by atoms with Crippen LogP contribution in [0, 0.1) is 0 Å². The molecule has 0 spiro atoms. The number of pyridine rings is 1. The summed E-state index contributed by atoms with van der Waals surface area (Å²) in [5, 5.41) is 13.1. The SMILES string of the molecule is COc1ccc2cc(C[C@H](NCC(=O)OC(C)(C)C)C(=O)O)ccc2n1. The normalized spacial score (nSPS) is 12.6. The Hall–Kier alpha value is -2.67. The average Bonchev–Trinajstić information content (AvgIpc) is 2.56. The van der Waals surface area contributed by atoms with Gasteiger partial charge in [0.25, 0.3) is 0 Å². The first-order valence-corrected chi connectivity index (χ1v) is 8.29. The fourth-order valence-electron chi connectivity index (χ4n) is 2.46. The number of carbonyl (C=O) groups excluding carboxylic acids is 1. The maximum absolute atomic E-state index is 11.8. The lowest BCUT2D eigenvalue weighted by Crippen LogP contribution is -2.42. The van der Waals surface area contributed by atoms with Crippen molar-refractivity contribution in [1.29, 1.82) is 0 Å². The number of fused-ring (bicyclic) bond motifs is 1. The molecule has 1 heterocycles. The second-order valence-electron chi connectivity index (χ2n) is 6.94. The van der Waals surface area contributed by atoms with Crippen LogP contribution in [0.3, 0.4) is 0 Å². The molecule has 0 aliphatic heterocycles. The number of hydrogen-bond donors (Lipinski definition) is 2. The Morgan fingerprint density at radius 1 is 1.23 bits per heavy atom. The standard InChI is InChI=1S/C19H24N2O5/c1-19(2,3)26-17(22)11-20-15(18(23)24)10-12-5-7-14-13(9-12)6-8-16(21-14)25-4/h5-9,15,20H,10-11H2,1-4H3,(H,23,24)/t15-/m0/s1. The maximum Gasteiger partial charge on any atom is 0.321 e. The largest absolute Gasteiger partial charge is 0.481 e. The lowest BCUT2D eigenvalue weighted by molar-refractivity contribution is -0.154. The molecule has 7 heteroatoms. The summed E-state index contributed by atoms with van der Waals surface area (Å²) in [5.74, 6) is -0.993. The van der Waals surface area contributed by atoms with Crippen LogP contribution in [0.4, 0.5) is 0 Å². The van der Waals surface area contributed by atoms with E-state index in [1.165, 1.54) is 0 Å². The molecule has 0 saturated carbocycles. The van der Waals surface area contributed by atoms with Gasteiger partial charge in [-0.25, -0.2) is 4.98 Å². The quantitative estimate of drug-likeness (QED) is 0.730. The molecule has 0 fully saturated rings. The van der Waals surface area contributed by atoms with Crippen molar-refractivity contribution in [3.63, 3.8) is 0 Å². The van der Waals surface area contributed by atoms with Crippen molar-refractivity contribution in [1.82, 2.24) is 10.3 Å². The Balaban J connectivity index is 2.06. The van der Waals surface area contributed by atoms with Gasteiger partial charge in [-0.3, -0.25) is 14.9 Å². The van der Waals surface area contributed by atoms with Crippen LogP contribution in [-0.4, -0.2) is 47.3 Å². The van der Waals surface area contributed by atoms with Gasteiger partial charge in [-0.15, -0.1) is 0 Å². The minimum atomic E-state index is -1.03. The summed E-state index contributed by atoms with van der Waals surface area (Å²) in [6.45, 7) is 5.12. The van der Waals surface area contributed by atoms with Gasteiger partial charge in [0, 0.05) is 11.5 Å². The molecule has 2 aromatic rings. The number of hydrogen-bond acceptors (Lipinski definition) is 6. The summed E-state index contributed by atoms with van der Waals surface area (Å²) < 4.78 is 10.3. The Labute approximate surface area is 152 Å². The number of nitrogens with one attached hydrogen (secondary N) is 1. The molecule has 2 N–H and O–H groups in total. The van der Waals surface area contributed by atoms with E-state index in [1.54, 1.807) is 33.9 Å². The predicted molar refractivity (Wildman–Crippen MR) is 97.3 cm³/mol. The zero-order chi connectivity index (χ0) is 19.3. The molecule has 26 heavy (non-hydrogen) atoms. The van der Waals surface area contributed by atoms with Crippen LogP contribution in [-0.2, 0) is 20.7 Å². The third-order valence-corrected chi connectivity index (χ3v) is 3.59. The van der Waals surface area contributed by atoms with E-state index in [0.717, 1.165) is 16.5 Å². The monoisotopic (exact) mass is 360 g/mol. The van der Waals surface area contributed by atoms with Gasteiger partial charge in [0.2, 0.25) is 5.88 Å². The van der Waals surface area contributed by atoms with Crippen LogP contribution in [0.15, 0.2) is 30.3 Å². The third-order valence-electron chi connectivity index (χ3n) is 3.59. The molecular formula is C19H24N2O5. The minimum absolute atomic E-state index is 0.166. The molecule has 0 amide bonds. The van der Waals surface area contributed by atoms with Crippen molar-refractivity contribution >= 4 is 22.8 Å². The number of aliphatic carboxylic acids is 1. The van der Waals surface area contributed by atoms with Gasteiger partial charge in [0.1, 0.15) is 11.6 Å². The van der Waals surface area contributed by atoms with Crippen molar-refractivity contribution in [2.75, 3.05) is 13.7 Å². The lowest BCUT2D eigenvalue weighted by atomic mass is 10.0. The molecule has 1 aromatic heterocycles. The first-order valence-electron chi connectivity index (χ1n) is 8.29. The summed E-state index contributed by atoms with van der Waals surface area (Å²) in [5.41, 5.74) is 0.986. The second kappa shape index (κ2) is 8.14. The predicted octanol–water partition coefficient (Wildman–Crippen LogP) is 2.17. The highest BCUT2D eigenvalue weighted by Gasteiger charge is 2.21. The van der Waals surface area contributed by atoms with E-state index in [9.17, 15) is 14.7 Å². The zero-order valence-corrected chi connectivity index (χ0v) is 15.4. The molecule has 0 unspecified atom stereocenters. The van der Waals surface area contributed by atoms with Crippen molar-refractivity contribution < 1.29 is 24.2 Å². The molecule has 0 radical (unpaired) electrons. The van der Waals surface area contributed by atoms with Crippen molar-refractivity contribution in [2.24, 2.45) is 0 Å². The van der Waals surface area contributed by atoms with Gasteiger partial charge in [-0.2, -0.15) is 0 Å². The summed E-state index contributed by atoms with van der Waals surface area (Å²) in [6, 6.07) is 8.24. The molecule has 140 valence electrons. The number of carboxylic acid groups (broad SMARTS) is 1. The summed E-state index contributed by atoms with van der Waals surface area (Å²) in [6.07, 6.45) is 0.236. The average molecular weight is 360 g/mol. The Bertz CT molecular complexity index is 798. The fourth-order valence-corrected chi connectivity index (χ4v) is 2.46. The Morgan fingerprint density at radius 3 is 2.58 bits per heavy atom. The molecule has 1 aromatic carbocycles. The number of nitrogens with zero attached hydrogens (tertiary/aromatic N) is 1. The molecule has 7 nitrogen and oxygen atoms in total. The number of carbonyl (C=O) groups is 2. The van der Waals surface area contributed by atoms with Gasteiger partial charge >= 0.3 is 11.9 Å². The number of carboxylic acids is 1. The van der Waals surface area contributed by atoms with Crippen LogP contribution in [0.1, 0.15) is 26.3 Å². The number of rotatable bonds is 7. The number of benzene rings is 1. The number of methoxy groups -OCH3 is 1. The number of aromatic nitrogens is 1. The maximum atomic E-state index is 11.8. The van der Waals surface area contributed by atoms with Crippen LogP contribution >= 0.6 is 0 Å². The van der Waals surface area contributed by atoms with Crippen LogP contribution in [0.25, 0.3) is 10.9 Å². The van der Waals surface area contributed by atoms with Crippen molar-refractivity contribution in [3.8, 4) is 5.88 Å². The topological polar surface area (TPSA) is 97.8 Å². The van der Waals surface area contributed by atoms with E-state index in [0.29, 0.717) is 5.88 Å². The lowest BCUT2D eigenvalue weighted by Gasteiger charge is -2.21. The van der Waals surface area contributed by atoms with Crippen LogP contribution < -0.4 is 10.1 Å². The van der Waals surface area contributed by atoms with Gasteiger partial charge in [0.15, 0.2) is 0 Å². The van der Waals surface area contributed by atoms with Gasteiger partial charge in [-0.1, -0.05) is 6.07 Å². The molecule has 2 rings (SSSR count). The van der Waals surface area contributed by atoms with E-state index >= 15 is 0 Å². The van der Waals surface area contributed by atoms with E-state index in [-0.39, 0.29) is 13.0 Å². The van der Waals surface area contributed by atoms with E-state index < -0.39 is 23.6 Å². The van der Waals surface area contributed by atoms with Gasteiger partial charge in [0.05, 0.1) is 19.2 Å². The molecule has 0 saturated heterocycles. The van der Waals surface area contributed by atoms with Gasteiger partial charge in [-0.05, 0) is 51.0 Å². The minimum Gasteiger partial charge on any atom is -0.481 e. The fraction of sp³-hybridized carbons (Fsp3) is 0.421. The molecule has 0 aliphatic carbocycles. The molecule has 0 aliphatic rings. The second-order valence-corrected chi connectivity index (χ2v) is 6.94. The Morgan fingerprint density at radius 2 is 1.96 bits per heavy atom. The Kier molecular flexibility index (Phi) is 6.15. The third kappa shape index (κ3) is 5.70. The highest BCUT2D eigenvalue weighted by Crippen LogP contribution is 2.19. The number of ether oxygens (including phenoxy) is 2. The van der Waals surface area contributed by atoms with E-state index in [2.05, 4.69) is 10.3 Å².